The highest BCUT2D eigenvalue weighted by molar-refractivity contribution is 5.94. The molecule has 3 heteroatoms. The lowest BCUT2D eigenvalue weighted by Crippen LogP contribution is -2.56. The van der Waals surface area contributed by atoms with E-state index >= 15 is 0 Å². The summed E-state index contributed by atoms with van der Waals surface area (Å²) in [5, 5.41) is 3.08. The number of nitrogens with one attached hydrogen (secondary N) is 1. The Morgan fingerprint density at radius 3 is 2.85 bits per heavy atom. The summed E-state index contributed by atoms with van der Waals surface area (Å²) in [6.07, 6.45) is 4.57. The molecule has 1 aromatic rings. The standard InChI is InChI=1S/C17H22N2O/c1-2-13-12-19-9-8-15(13)10-16(19)11-18-17(20)14-6-4-3-5-7-14/h2-7,13,15-16H,1,8-12H2,(H,18,20)/t13-,15+,16-/m1/s1. The Bertz CT molecular complexity index is 485. The summed E-state index contributed by atoms with van der Waals surface area (Å²) in [6.45, 7) is 6.98. The number of hydrogen-bond acceptors (Lipinski definition) is 2. The number of benzene rings is 1. The first-order chi connectivity index (χ1) is 9.78. The molecule has 3 fully saturated rings. The van der Waals surface area contributed by atoms with Crippen LogP contribution in [0.4, 0.5) is 0 Å². The zero-order valence-electron chi connectivity index (χ0n) is 11.8. The maximum Gasteiger partial charge on any atom is 0.251 e. The quantitative estimate of drug-likeness (QED) is 0.852. The smallest absolute Gasteiger partial charge is 0.251 e. The van der Waals surface area contributed by atoms with Gasteiger partial charge in [0.15, 0.2) is 0 Å². The van der Waals surface area contributed by atoms with Crippen molar-refractivity contribution in [3.8, 4) is 0 Å². The van der Waals surface area contributed by atoms with Gasteiger partial charge >= 0.3 is 0 Å². The van der Waals surface area contributed by atoms with Crippen LogP contribution in [0.2, 0.25) is 0 Å². The second kappa shape index (κ2) is 5.80. The number of rotatable bonds is 4. The molecule has 0 saturated carbocycles. The maximum absolute atomic E-state index is 12.1. The van der Waals surface area contributed by atoms with Gasteiger partial charge in [-0.25, -0.2) is 0 Å². The number of fused-ring (bicyclic) bond motifs is 3. The highest BCUT2D eigenvalue weighted by Crippen LogP contribution is 2.36. The van der Waals surface area contributed by atoms with Crippen LogP contribution in [0.25, 0.3) is 0 Å². The summed E-state index contributed by atoms with van der Waals surface area (Å²) in [5.41, 5.74) is 0.743. The third kappa shape index (κ3) is 2.63. The van der Waals surface area contributed by atoms with Gasteiger partial charge in [-0.3, -0.25) is 9.69 Å². The first-order valence-corrected chi connectivity index (χ1v) is 7.48. The maximum atomic E-state index is 12.1. The third-order valence-electron chi connectivity index (χ3n) is 4.77. The van der Waals surface area contributed by atoms with E-state index in [0.29, 0.717) is 12.0 Å². The minimum Gasteiger partial charge on any atom is -0.350 e. The zero-order valence-corrected chi connectivity index (χ0v) is 11.8. The molecule has 0 aliphatic carbocycles. The van der Waals surface area contributed by atoms with Crippen LogP contribution in [-0.2, 0) is 0 Å². The minimum atomic E-state index is 0.0357. The molecule has 1 aromatic carbocycles. The molecule has 1 unspecified atom stereocenters. The van der Waals surface area contributed by atoms with E-state index in [2.05, 4.69) is 22.9 Å². The number of nitrogens with zero attached hydrogens (tertiary/aromatic N) is 1. The predicted octanol–water partition coefficient (Wildman–Crippen LogP) is 2.31. The number of amides is 1. The fraction of sp³-hybridized carbons (Fsp3) is 0.471. The summed E-state index contributed by atoms with van der Waals surface area (Å²) in [4.78, 5) is 14.6. The Labute approximate surface area is 120 Å². The van der Waals surface area contributed by atoms with Gasteiger partial charge in [0.05, 0.1) is 0 Å². The van der Waals surface area contributed by atoms with Gasteiger partial charge in [-0.05, 0) is 43.4 Å². The van der Waals surface area contributed by atoms with Crippen molar-refractivity contribution in [1.29, 1.82) is 0 Å². The fourth-order valence-electron chi connectivity index (χ4n) is 3.56. The second-order valence-corrected chi connectivity index (χ2v) is 5.91. The van der Waals surface area contributed by atoms with Crippen molar-refractivity contribution in [2.24, 2.45) is 11.8 Å². The van der Waals surface area contributed by atoms with Crippen molar-refractivity contribution in [2.45, 2.75) is 18.9 Å². The molecular weight excluding hydrogens is 248 g/mol. The molecule has 4 atom stereocenters. The van der Waals surface area contributed by atoms with Crippen molar-refractivity contribution >= 4 is 5.91 Å². The number of carbonyl (C=O) groups excluding carboxylic acids is 1. The summed E-state index contributed by atoms with van der Waals surface area (Å²) in [7, 11) is 0. The topological polar surface area (TPSA) is 32.3 Å². The van der Waals surface area contributed by atoms with E-state index in [0.717, 1.165) is 24.6 Å². The molecule has 0 spiro atoms. The Kier molecular flexibility index (Phi) is 3.88. The van der Waals surface area contributed by atoms with E-state index in [1.807, 2.05) is 30.3 Å². The Hall–Kier alpha value is -1.61. The van der Waals surface area contributed by atoms with Crippen LogP contribution in [0.3, 0.4) is 0 Å². The van der Waals surface area contributed by atoms with Crippen molar-refractivity contribution in [3.63, 3.8) is 0 Å². The van der Waals surface area contributed by atoms with Crippen LogP contribution in [0.15, 0.2) is 43.0 Å². The van der Waals surface area contributed by atoms with Crippen LogP contribution < -0.4 is 5.32 Å². The van der Waals surface area contributed by atoms with Gasteiger partial charge < -0.3 is 5.32 Å². The van der Waals surface area contributed by atoms with Crippen LogP contribution in [-0.4, -0.2) is 36.5 Å². The normalized spacial score (nSPS) is 31.8. The predicted molar refractivity (Wildman–Crippen MR) is 80.5 cm³/mol. The highest BCUT2D eigenvalue weighted by Gasteiger charge is 2.38. The Morgan fingerprint density at radius 1 is 1.40 bits per heavy atom. The number of hydrogen-bond donors (Lipinski definition) is 1. The molecule has 0 radical (unpaired) electrons. The van der Waals surface area contributed by atoms with E-state index in [9.17, 15) is 4.79 Å². The van der Waals surface area contributed by atoms with Gasteiger partial charge in [0.1, 0.15) is 0 Å². The molecule has 2 bridgehead atoms. The lowest BCUT2D eigenvalue weighted by atomic mass is 9.75. The fourth-order valence-corrected chi connectivity index (χ4v) is 3.56. The van der Waals surface area contributed by atoms with Crippen molar-refractivity contribution in [3.05, 3.63) is 48.6 Å². The lowest BCUT2D eigenvalue weighted by molar-refractivity contribution is 0.0195. The Balaban J connectivity index is 1.55. The van der Waals surface area contributed by atoms with Gasteiger partial charge in [-0.1, -0.05) is 24.3 Å². The first-order valence-electron chi connectivity index (χ1n) is 7.48. The molecule has 1 N–H and O–H groups in total. The molecule has 3 aliphatic rings. The van der Waals surface area contributed by atoms with Crippen LogP contribution in [0.5, 0.6) is 0 Å². The van der Waals surface area contributed by atoms with E-state index in [4.69, 9.17) is 0 Å². The molecular formula is C17H22N2O. The zero-order chi connectivity index (χ0) is 13.9. The van der Waals surface area contributed by atoms with Crippen LogP contribution in [0, 0.1) is 11.8 Å². The minimum absolute atomic E-state index is 0.0357. The molecule has 3 saturated heterocycles. The number of carbonyl (C=O) groups is 1. The van der Waals surface area contributed by atoms with E-state index in [1.54, 1.807) is 0 Å². The first kappa shape index (κ1) is 13.4. The molecule has 4 rings (SSSR count). The average Bonchev–Trinajstić information content (AvgIpc) is 2.53. The van der Waals surface area contributed by atoms with E-state index in [-0.39, 0.29) is 5.91 Å². The molecule has 1 amide bonds. The van der Waals surface area contributed by atoms with Gasteiger partial charge in [0.2, 0.25) is 0 Å². The summed E-state index contributed by atoms with van der Waals surface area (Å²) in [5.74, 6) is 1.44. The average molecular weight is 270 g/mol. The third-order valence-corrected chi connectivity index (χ3v) is 4.77. The molecule has 3 aliphatic heterocycles. The lowest BCUT2D eigenvalue weighted by Gasteiger charge is -2.49. The van der Waals surface area contributed by atoms with E-state index < -0.39 is 0 Å². The molecule has 106 valence electrons. The Morgan fingerprint density at radius 2 is 2.20 bits per heavy atom. The van der Waals surface area contributed by atoms with Gasteiger partial charge in [-0.15, -0.1) is 6.58 Å². The SMILES string of the molecule is C=C[C@@H]1CN2CC[C@H]1C[C@@H]2CNC(=O)c1ccccc1. The number of piperidine rings is 3. The molecule has 20 heavy (non-hydrogen) atoms. The monoisotopic (exact) mass is 270 g/mol. The van der Waals surface area contributed by atoms with Crippen LogP contribution >= 0.6 is 0 Å². The van der Waals surface area contributed by atoms with Gasteiger partial charge in [-0.2, -0.15) is 0 Å². The second-order valence-electron chi connectivity index (χ2n) is 5.91. The van der Waals surface area contributed by atoms with Crippen molar-refractivity contribution < 1.29 is 4.79 Å². The summed E-state index contributed by atoms with van der Waals surface area (Å²) < 4.78 is 0. The molecule has 3 nitrogen and oxygen atoms in total. The highest BCUT2D eigenvalue weighted by atomic mass is 16.1. The van der Waals surface area contributed by atoms with Crippen molar-refractivity contribution in [1.82, 2.24) is 10.2 Å². The van der Waals surface area contributed by atoms with Crippen LogP contribution in [0.1, 0.15) is 23.2 Å². The van der Waals surface area contributed by atoms with Gasteiger partial charge in [0, 0.05) is 24.7 Å². The van der Waals surface area contributed by atoms with Gasteiger partial charge in [0.25, 0.3) is 5.91 Å². The molecule has 3 heterocycles. The van der Waals surface area contributed by atoms with E-state index in [1.165, 1.54) is 19.4 Å². The molecule has 0 aromatic heterocycles. The summed E-state index contributed by atoms with van der Waals surface area (Å²) in [6, 6.07) is 9.94. The summed E-state index contributed by atoms with van der Waals surface area (Å²) >= 11 is 0. The van der Waals surface area contributed by atoms with Crippen molar-refractivity contribution in [2.75, 3.05) is 19.6 Å². The largest absolute Gasteiger partial charge is 0.350 e.